The number of carbonyl (C=O) groups excluding carboxylic acids is 1. The molecule has 23 heavy (non-hydrogen) atoms. The first-order chi connectivity index (χ1) is 11.1. The molecule has 0 aliphatic heterocycles. The molecule has 0 saturated heterocycles. The van der Waals surface area contributed by atoms with Gasteiger partial charge in [-0.25, -0.2) is 4.39 Å². The Morgan fingerprint density at radius 3 is 3.04 bits per heavy atom. The molecule has 122 valence electrons. The Balaban J connectivity index is 1.52. The molecule has 1 aliphatic carbocycles. The number of amides is 1. The normalized spacial score (nSPS) is 23.7. The molecule has 7 heteroatoms. The summed E-state index contributed by atoms with van der Waals surface area (Å²) in [5.74, 6) is -0.334. The fourth-order valence-electron chi connectivity index (χ4n) is 2.79. The van der Waals surface area contributed by atoms with Gasteiger partial charge in [-0.05, 0) is 31.0 Å². The van der Waals surface area contributed by atoms with E-state index in [0.717, 1.165) is 6.42 Å². The van der Waals surface area contributed by atoms with E-state index in [9.17, 15) is 14.3 Å². The molecule has 1 fully saturated rings. The van der Waals surface area contributed by atoms with Crippen molar-refractivity contribution < 1.29 is 19.0 Å². The van der Waals surface area contributed by atoms with Gasteiger partial charge < -0.3 is 15.2 Å². The van der Waals surface area contributed by atoms with Crippen molar-refractivity contribution in [2.24, 2.45) is 5.92 Å². The van der Waals surface area contributed by atoms with Crippen molar-refractivity contribution in [2.45, 2.75) is 25.0 Å². The van der Waals surface area contributed by atoms with Gasteiger partial charge in [0.15, 0.2) is 0 Å². The van der Waals surface area contributed by atoms with Crippen LogP contribution in [0.2, 0.25) is 0 Å². The molecule has 3 atom stereocenters. The summed E-state index contributed by atoms with van der Waals surface area (Å²) in [6.07, 6.45) is 1.78. The smallest absolute Gasteiger partial charge is 0.269 e. The second-order valence-corrected chi connectivity index (χ2v) is 5.62. The molecule has 3 rings (SSSR count). The van der Waals surface area contributed by atoms with Crippen molar-refractivity contribution >= 4 is 5.91 Å². The SMILES string of the molecule is O=C(NC[C@H]1CC[C@@H](Oc2cccc(F)c2)[C@@H]1O)c1ccn[nH]1. The van der Waals surface area contributed by atoms with Crippen LogP contribution in [0.5, 0.6) is 5.75 Å². The van der Waals surface area contributed by atoms with Crippen LogP contribution in [0.4, 0.5) is 4.39 Å². The fraction of sp³-hybridized carbons (Fsp3) is 0.375. The summed E-state index contributed by atoms with van der Waals surface area (Å²) < 4.78 is 18.8. The molecule has 1 aromatic carbocycles. The average molecular weight is 319 g/mol. The Labute approximate surface area is 132 Å². The maximum absolute atomic E-state index is 13.2. The molecule has 0 radical (unpaired) electrons. The Kier molecular flexibility index (Phi) is 4.57. The van der Waals surface area contributed by atoms with E-state index in [1.807, 2.05) is 0 Å². The number of nitrogens with zero attached hydrogens (tertiary/aromatic N) is 1. The summed E-state index contributed by atoms with van der Waals surface area (Å²) in [7, 11) is 0. The van der Waals surface area contributed by atoms with E-state index in [2.05, 4.69) is 15.5 Å². The van der Waals surface area contributed by atoms with E-state index in [1.165, 1.54) is 18.3 Å². The standard InChI is InChI=1S/C16H18FN3O3/c17-11-2-1-3-12(8-11)23-14-5-4-10(15(14)21)9-18-16(22)13-6-7-19-20-13/h1-3,6-8,10,14-15,21H,4-5,9H2,(H,18,22)(H,19,20)/t10-,14-,15-/m1/s1. The van der Waals surface area contributed by atoms with Crippen LogP contribution in [0.15, 0.2) is 36.5 Å². The average Bonchev–Trinajstić information content (AvgIpc) is 3.17. The second kappa shape index (κ2) is 6.78. The van der Waals surface area contributed by atoms with Crippen LogP contribution in [0.25, 0.3) is 0 Å². The Bertz CT molecular complexity index is 662. The molecule has 0 spiro atoms. The van der Waals surface area contributed by atoms with Crippen molar-refractivity contribution in [2.75, 3.05) is 6.54 Å². The van der Waals surface area contributed by atoms with Crippen LogP contribution >= 0.6 is 0 Å². The summed E-state index contributed by atoms with van der Waals surface area (Å²) in [4.78, 5) is 11.8. The van der Waals surface area contributed by atoms with E-state index in [0.29, 0.717) is 24.4 Å². The zero-order chi connectivity index (χ0) is 16.2. The van der Waals surface area contributed by atoms with Gasteiger partial charge in [0.25, 0.3) is 5.91 Å². The monoisotopic (exact) mass is 319 g/mol. The number of H-pyrrole nitrogens is 1. The number of carbonyl (C=O) groups is 1. The number of aromatic amines is 1. The Hall–Kier alpha value is -2.41. The molecule has 6 nitrogen and oxygen atoms in total. The van der Waals surface area contributed by atoms with Crippen molar-refractivity contribution in [3.05, 3.63) is 48.0 Å². The predicted molar refractivity (Wildman–Crippen MR) is 80.5 cm³/mol. The quantitative estimate of drug-likeness (QED) is 0.779. The van der Waals surface area contributed by atoms with Gasteiger partial charge in [0.2, 0.25) is 0 Å². The third-order valence-electron chi connectivity index (χ3n) is 4.04. The van der Waals surface area contributed by atoms with Gasteiger partial charge in [0, 0.05) is 24.7 Å². The zero-order valence-corrected chi connectivity index (χ0v) is 12.4. The summed E-state index contributed by atoms with van der Waals surface area (Å²) >= 11 is 0. The summed E-state index contributed by atoms with van der Waals surface area (Å²) in [6, 6.07) is 7.43. The molecular formula is C16H18FN3O3. The molecule has 2 aromatic rings. The Morgan fingerprint density at radius 1 is 1.43 bits per heavy atom. The van der Waals surface area contributed by atoms with Gasteiger partial charge in [-0.1, -0.05) is 6.07 Å². The largest absolute Gasteiger partial charge is 0.488 e. The fourth-order valence-corrected chi connectivity index (χ4v) is 2.79. The third kappa shape index (κ3) is 3.68. The lowest BCUT2D eigenvalue weighted by Gasteiger charge is -2.21. The maximum Gasteiger partial charge on any atom is 0.269 e. The van der Waals surface area contributed by atoms with Gasteiger partial charge >= 0.3 is 0 Å². The molecule has 0 bridgehead atoms. The zero-order valence-electron chi connectivity index (χ0n) is 12.4. The van der Waals surface area contributed by atoms with E-state index in [1.54, 1.807) is 18.2 Å². The van der Waals surface area contributed by atoms with Crippen molar-refractivity contribution in [3.8, 4) is 5.75 Å². The molecule has 0 unspecified atom stereocenters. The van der Waals surface area contributed by atoms with Gasteiger partial charge in [-0.15, -0.1) is 0 Å². The van der Waals surface area contributed by atoms with E-state index in [4.69, 9.17) is 4.74 Å². The van der Waals surface area contributed by atoms with E-state index >= 15 is 0 Å². The maximum atomic E-state index is 13.2. The summed E-state index contributed by atoms with van der Waals surface area (Å²) in [5, 5.41) is 19.4. The van der Waals surface area contributed by atoms with Gasteiger partial charge in [-0.3, -0.25) is 9.89 Å². The molecule has 1 aliphatic rings. The third-order valence-corrected chi connectivity index (χ3v) is 4.04. The summed E-state index contributed by atoms with van der Waals surface area (Å²) in [5.41, 5.74) is 0.380. The number of ether oxygens (including phenoxy) is 1. The van der Waals surface area contributed by atoms with Crippen molar-refractivity contribution in [1.29, 1.82) is 0 Å². The van der Waals surface area contributed by atoms with Crippen LogP contribution < -0.4 is 10.1 Å². The highest BCUT2D eigenvalue weighted by atomic mass is 19.1. The van der Waals surface area contributed by atoms with E-state index < -0.39 is 12.2 Å². The molecular weight excluding hydrogens is 301 g/mol. The lowest BCUT2D eigenvalue weighted by atomic mass is 10.1. The minimum absolute atomic E-state index is 0.0968. The minimum Gasteiger partial charge on any atom is -0.488 e. The molecule has 1 heterocycles. The molecule has 3 N–H and O–H groups in total. The van der Waals surface area contributed by atoms with E-state index in [-0.39, 0.29) is 17.6 Å². The van der Waals surface area contributed by atoms with Gasteiger partial charge in [0.05, 0.1) is 6.10 Å². The van der Waals surface area contributed by atoms with Crippen LogP contribution in [-0.2, 0) is 0 Å². The molecule has 1 amide bonds. The first-order valence-corrected chi connectivity index (χ1v) is 7.51. The lowest BCUT2D eigenvalue weighted by molar-refractivity contribution is 0.0346. The minimum atomic E-state index is -0.708. The second-order valence-electron chi connectivity index (χ2n) is 5.62. The van der Waals surface area contributed by atoms with Crippen LogP contribution in [0.3, 0.4) is 0 Å². The molecule has 1 saturated carbocycles. The van der Waals surface area contributed by atoms with Gasteiger partial charge in [-0.2, -0.15) is 5.10 Å². The number of aliphatic hydroxyl groups excluding tert-OH is 1. The lowest BCUT2D eigenvalue weighted by Crippen LogP contribution is -2.37. The highest BCUT2D eigenvalue weighted by Crippen LogP contribution is 2.29. The number of halogens is 1. The number of aliphatic hydroxyl groups is 1. The number of aromatic nitrogens is 2. The van der Waals surface area contributed by atoms with Crippen LogP contribution in [0.1, 0.15) is 23.3 Å². The molecule has 1 aromatic heterocycles. The highest BCUT2D eigenvalue weighted by molar-refractivity contribution is 5.92. The van der Waals surface area contributed by atoms with Crippen molar-refractivity contribution in [1.82, 2.24) is 15.5 Å². The van der Waals surface area contributed by atoms with Crippen molar-refractivity contribution in [3.63, 3.8) is 0 Å². The number of hydrogen-bond donors (Lipinski definition) is 3. The van der Waals surface area contributed by atoms with Crippen LogP contribution in [0, 0.1) is 11.7 Å². The number of benzene rings is 1. The highest BCUT2D eigenvalue weighted by Gasteiger charge is 2.36. The first-order valence-electron chi connectivity index (χ1n) is 7.51. The number of hydrogen-bond acceptors (Lipinski definition) is 4. The predicted octanol–water partition coefficient (Wildman–Crippen LogP) is 1.50. The van der Waals surface area contributed by atoms with Gasteiger partial charge in [0.1, 0.15) is 23.4 Å². The number of nitrogens with one attached hydrogen (secondary N) is 2. The van der Waals surface area contributed by atoms with Crippen LogP contribution in [-0.4, -0.2) is 40.0 Å². The summed E-state index contributed by atoms with van der Waals surface area (Å²) in [6.45, 7) is 0.349. The number of rotatable bonds is 5. The topological polar surface area (TPSA) is 87.2 Å². The first kappa shape index (κ1) is 15.5. The Morgan fingerprint density at radius 2 is 2.30 bits per heavy atom.